The Hall–Kier alpha value is -1.49. The summed E-state index contributed by atoms with van der Waals surface area (Å²) in [7, 11) is 1.74. The molecule has 0 saturated heterocycles. The average Bonchev–Trinajstić information content (AvgIpc) is 3.02. The lowest BCUT2D eigenvalue weighted by molar-refractivity contribution is 0.0874. The summed E-state index contributed by atoms with van der Waals surface area (Å²) >= 11 is 6.03. The minimum atomic E-state index is -0.0265. The fourth-order valence-electron chi connectivity index (χ4n) is 3.41. The van der Waals surface area contributed by atoms with Crippen molar-refractivity contribution in [3.8, 4) is 0 Å². The van der Waals surface area contributed by atoms with Crippen molar-refractivity contribution in [3.05, 3.63) is 17.3 Å². The van der Waals surface area contributed by atoms with Gasteiger partial charge in [0.15, 0.2) is 5.29 Å². The zero-order valence-corrected chi connectivity index (χ0v) is 12.5. The summed E-state index contributed by atoms with van der Waals surface area (Å²) in [5.41, 5.74) is 1.66. The predicted octanol–water partition coefficient (Wildman–Crippen LogP) is 2.25. The van der Waals surface area contributed by atoms with Gasteiger partial charge in [0.1, 0.15) is 11.5 Å². The lowest BCUT2D eigenvalue weighted by Crippen LogP contribution is -2.49. The molecule has 6 heteroatoms. The van der Waals surface area contributed by atoms with E-state index in [1.54, 1.807) is 7.05 Å². The van der Waals surface area contributed by atoms with Crippen LogP contribution in [0.15, 0.2) is 11.1 Å². The summed E-state index contributed by atoms with van der Waals surface area (Å²) in [5.74, 6) is 0.781. The predicted molar refractivity (Wildman–Crippen MR) is 80.0 cm³/mol. The Morgan fingerprint density at radius 2 is 2.20 bits per heavy atom. The van der Waals surface area contributed by atoms with Crippen LogP contribution in [0, 0.1) is 6.92 Å². The van der Waals surface area contributed by atoms with E-state index >= 15 is 0 Å². The van der Waals surface area contributed by atoms with E-state index in [2.05, 4.69) is 20.2 Å². The molecule has 0 bridgehead atoms. The van der Waals surface area contributed by atoms with Gasteiger partial charge in [-0.25, -0.2) is 4.99 Å². The van der Waals surface area contributed by atoms with E-state index in [0.29, 0.717) is 17.5 Å². The van der Waals surface area contributed by atoms with Crippen LogP contribution < -0.4 is 10.6 Å². The van der Waals surface area contributed by atoms with Gasteiger partial charge >= 0.3 is 0 Å². The first kappa shape index (κ1) is 13.5. The third-order valence-electron chi connectivity index (χ3n) is 4.39. The average molecular weight is 295 g/mol. The molecule has 1 saturated carbocycles. The molecule has 1 aromatic rings. The molecule has 0 aromatic carbocycles. The number of carbonyl (C=O) groups excluding carboxylic acids is 1. The molecule has 2 aliphatic rings. The fourth-order valence-corrected chi connectivity index (χ4v) is 3.49. The molecular weight excluding hydrogens is 276 g/mol. The molecule has 2 heterocycles. The van der Waals surface area contributed by atoms with Crippen LogP contribution in [0.25, 0.3) is 0 Å². The number of nitrogens with one attached hydrogen (secondary N) is 2. The molecule has 0 radical (unpaired) electrons. The number of halogens is 1. The first-order chi connectivity index (χ1) is 9.57. The summed E-state index contributed by atoms with van der Waals surface area (Å²) in [4.78, 5) is 16.6. The number of aliphatic imine (C=N–C) groups is 1. The summed E-state index contributed by atoms with van der Waals surface area (Å²) in [6.45, 7) is 2.66. The summed E-state index contributed by atoms with van der Waals surface area (Å²) in [5, 5.41) is 6.19. The molecule has 20 heavy (non-hydrogen) atoms. The monoisotopic (exact) mass is 294 g/mol. The molecular formula is C14H19ClN4O. The highest BCUT2D eigenvalue weighted by Crippen LogP contribution is 2.43. The van der Waals surface area contributed by atoms with E-state index in [1.165, 1.54) is 12.8 Å². The first-order valence-corrected chi connectivity index (χ1v) is 7.38. The van der Waals surface area contributed by atoms with E-state index in [0.717, 1.165) is 24.2 Å². The standard InChI is InChI=1S/C14H19ClN4O/c1-9-7-10-12(20)17-8-14(5-3-4-6-14)19(10)11(9)18-13(15)16-2/h7H,3-6,8H2,1-2H3,(H,16,18)(H,17,20). The van der Waals surface area contributed by atoms with Gasteiger partial charge in [-0.3, -0.25) is 4.79 Å². The molecule has 0 atom stereocenters. The first-order valence-electron chi connectivity index (χ1n) is 7.00. The molecule has 1 spiro atoms. The Balaban J connectivity index is 2.20. The number of amidine groups is 1. The van der Waals surface area contributed by atoms with Crippen molar-refractivity contribution in [2.45, 2.75) is 38.1 Å². The van der Waals surface area contributed by atoms with E-state index in [9.17, 15) is 4.79 Å². The van der Waals surface area contributed by atoms with Crippen molar-refractivity contribution in [2.75, 3.05) is 13.6 Å². The molecule has 1 aromatic heterocycles. The van der Waals surface area contributed by atoms with Gasteiger partial charge in [-0.05, 0) is 43.0 Å². The summed E-state index contributed by atoms with van der Waals surface area (Å²) in [6.07, 6.45) is 4.53. The van der Waals surface area contributed by atoms with Crippen molar-refractivity contribution >= 4 is 28.6 Å². The van der Waals surface area contributed by atoms with Gasteiger partial charge in [0.05, 0.1) is 5.54 Å². The Morgan fingerprint density at radius 1 is 1.50 bits per heavy atom. The van der Waals surface area contributed by atoms with Crippen LogP contribution in [0.1, 0.15) is 41.7 Å². The lowest BCUT2D eigenvalue weighted by atomic mass is 9.94. The van der Waals surface area contributed by atoms with Gasteiger partial charge in [0, 0.05) is 13.6 Å². The minimum Gasteiger partial charge on any atom is -0.363 e. The van der Waals surface area contributed by atoms with Gasteiger partial charge in [-0.2, -0.15) is 0 Å². The van der Waals surface area contributed by atoms with Crippen molar-refractivity contribution in [1.29, 1.82) is 0 Å². The van der Waals surface area contributed by atoms with Crippen molar-refractivity contribution in [2.24, 2.45) is 4.99 Å². The number of aromatic nitrogens is 1. The smallest absolute Gasteiger partial charge is 0.268 e. The zero-order chi connectivity index (χ0) is 14.3. The lowest BCUT2D eigenvalue weighted by Gasteiger charge is -2.37. The topological polar surface area (TPSA) is 58.4 Å². The third-order valence-corrected chi connectivity index (χ3v) is 4.66. The maximum Gasteiger partial charge on any atom is 0.268 e. The van der Waals surface area contributed by atoms with Gasteiger partial charge in [-0.1, -0.05) is 12.8 Å². The van der Waals surface area contributed by atoms with Crippen LogP contribution in [-0.4, -0.2) is 29.4 Å². The molecule has 1 aliphatic heterocycles. The van der Waals surface area contributed by atoms with Crippen LogP contribution in [0.3, 0.4) is 0 Å². The third kappa shape index (κ3) is 1.92. The maximum absolute atomic E-state index is 12.1. The van der Waals surface area contributed by atoms with E-state index in [4.69, 9.17) is 11.6 Å². The Labute approximate surface area is 123 Å². The Morgan fingerprint density at radius 3 is 2.85 bits per heavy atom. The molecule has 3 rings (SSSR count). The Bertz CT molecular complexity index is 584. The van der Waals surface area contributed by atoms with Gasteiger partial charge in [0.25, 0.3) is 5.91 Å². The molecule has 108 valence electrons. The molecule has 1 amide bonds. The molecule has 0 unspecified atom stereocenters. The van der Waals surface area contributed by atoms with E-state index < -0.39 is 0 Å². The highest BCUT2D eigenvalue weighted by atomic mass is 35.5. The highest BCUT2D eigenvalue weighted by Gasteiger charge is 2.43. The molecule has 1 fully saturated rings. The van der Waals surface area contributed by atoms with Crippen LogP contribution in [0.5, 0.6) is 0 Å². The second-order valence-corrected chi connectivity index (χ2v) is 6.00. The fraction of sp³-hybridized carbons (Fsp3) is 0.571. The van der Waals surface area contributed by atoms with Crippen molar-refractivity contribution in [3.63, 3.8) is 0 Å². The second kappa shape index (κ2) is 4.81. The molecule has 1 aliphatic carbocycles. The minimum absolute atomic E-state index is 0.0207. The highest BCUT2D eigenvalue weighted by molar-refractivity contribution is 6.64. The van der Waals surface area contributed by atoms with Gasteiger partial charge in [0.2, 0.25) is 0 Å². The van der Waals surface area contributed by atoms with Gasteiger partial charge < -0.3 is 15.2 Å². The number of nitrogens with zero attached hydrogens (tertiary/aromatic N) is 2. The van der Waals surface area contributed by atoms with Crippen LogP contribution in [-0.2, 0) is 5.54 Å². The summed E-state index contributed by atoms with van der Waals surface area (Å²) in [6, 6.07) is 1.91. The quantitative estimate of drug-likeness (QED) is 0.474. The molecule has 2 N–H and O–H groups in total. The summed E-state index contributed by atoms with van der Waals surface area (Å²) < 4.78 is 2.12. The van der Waals surface area contributed by atoms with Crippen LogP contribution in [0.4, 0.5) is 5.82 Å². The number of carbonyl (C=O) groups is 1. The van der Waals surface area contributed by atoms with Crippen molar-refractivity contribution in [1.82, 2.24) is 15.2 Å². The normalized spacial score (nSPS) is 20.9. The number of hydrogen-bond acceptors (Lipinski definition) is 2. The number of aryl methyl sites for hydroxylation is 1. The maximum atomic E-state index is 12.1. The molecule has 5 nitrogen and oxygen atoms in total. The number of fused-ring (bicyclic) bond motifs is 2. The number of amides is 1. The largest absolute Gasteiger partial charge is 0.363 e. The van der Waals surface area contributed by atoms with Crippen LogP contribution >= 0.6 is 11.6 Å². The Kier molecular flexibility index (Phi) is 3.24. The SMILES string of the molecule is CN/C(Cl)=N\c1c(C)cc2n1C1(CCCC1)CNC2=O. The zero-order valence-electron chi connectivity index (χ0n) is 11.8. The van der Waals surface area contributed by atoms with E-state index in [1.807, 2.05) is 13.0 Å². The van der Waals surface area contributed by atoms with Crippen LogP contribution in [0.2, 0.25) is 0 Å². The van der Waals surface area contributed by atoms with E-state index in [-0.39, 0.29) is 11.4 Å². The number of rotatable bonds is 1. The van der Waals surface area contributed by atoms with Crippen molar-refractivity contribution < 1.29 is 4.79 Å². The second-order valence-electron chi connectivity index (χ2n) is 5.64. The number of hydrogen-bond donors (Lipinski definition) is 2. The van der Waals surface area contributed by atoms with Gasteiger partial charge in [-0.15, -0.1) is 0 Å².